The second-order valence-corrected chi connectivity index (χ2v) is 4.93. The van der Waals surface area contributed by atoms with Gasteiger partial charge in [-0.15, -0.1) is 0 Å². The number of carbonyl (C=O) groups excluding carboxylic acids is 2. The fourth-order valence-corrected chi connectivity index (χ4v) is 1.95. The fourth-order valence-electron chi connectivity index (χ4n) is 1.95. The molecule has 0 spiro atoms. The first kappa shape index (κ1) is 16.5. The summed E-state index contributed by atoms with van der Waals surface area (Å²) in [7, 11) is 1.30. The fraction of sp³-hybridized carbons (Fsp3) is 0.176. The van der Waals surface area contributed by atoms with Crippen LogP contribution in [0.5, 0.6) is 0 Å². The van der Waals surface area contributed by atoms with Crippen LogP contribution in [0.15, 0.2) is 42.5 Å². The van der Waals surface area contributed by atoms with Crippen molar-refractivity contribution < 1.29 is 18.7 Å². The number of benzene rings is 2. The Hall–Kier alpha value is -2.89. The number of methoxy groups -OCH3 is 1. The Bertz CT molecular complexity index is 714. The van der Waals surface area contributed by atoms with E-state index in [0.717, 1.165) is 5.56 Å². The lowest BCUT2D eigenvalue weighted by Crippen LogP contribution is -2.22. The molecule has 0 heterocycles. The molecule has 0 saturated heterocycles. The highest BCUT2D eigenvalue weighted by molar-refractivity contribution is 5.97. The van der Waals surface area contributed by atoms with Crippen LogP contribution in [-0.4, -0.2) is 25.5 Å². The lowest BCUT2D eigenvalue weighted by molar-refractivity contribution is -0.114. The molecule has 2 N–H and O–H groups in total. The third-order valence-electron chi connectivity index (χ3n) is 3.23. The van der Waals surface area contributed by atoms with Crippen molar-refractivity contribution in [1.82, 2.24) is 0 Å². The van der Waals surface area contributed by atoms with Crippen LogP contribution in [0.3, 0.4) is 0 Å². The van der Waals surface area contributed by atoms with Crippen molar-refractivity contribution in [3.05, 3.63) is 59.4 Å². The number of ether oxygens (including phenoxy) is 1. The molecule has 2 aromatic rings. The maximum atomic E-state index is 12.8. The summed E-state index contributed by atoms with van der Waals surface area (Å²) >= 11 is 0. The molecular formula is C17H17FN2O3. The molecule has 0 aromatic heterocycles. The first-order chi connectivity index (χ1) is 11.0. The van der Waals surface area contributed by atoms with Crippen molar-refractivity contribution in [3.63, 3.8) is 0 Å². The average molecular weight is 316 g/mol. The summed E-state index contributed by atoms with van der Waals surface area (Å²) in [5.41, 5.74) is 2.37. The SMILES string of the molecule is COC(=O)c1ccc(C)c(NC(=O)CNc2ccc(F)cc2)c1. The van der Waals surface area contributed by atoms with Gasteiger partial charge in [0.05, 0.1) is 19.2 Å². The summed E-state index contributed by atoms with van der Waals surface area (Å²) in [5.74, 6) is -1.08. The number of amides is 1. The maximum absolute atomic E-state index is 12.8. The van der Waals surface area contributed by atoms with Gasteiger partial charge in [-0.1, -0.05) is 6.07 Å². The highest BCUT2D eigenvalue weighted by Crippen LogP contribution is 2.17. The first-order valence-corrected chi connectivity index (χ1v) is 6.98. The van der Waals surface area contributed by atoms with E-state index in [1.165, 1.54) is 19.2 Å². The molecule has 0 saturated carbocycles. The number of hydrogen-bond donors (Lipinski definition) is 2. The number of carbonyl (C=O) groups is 2. The van der Waals surface area contributed by atoms with Crippen LogP contribution in [0.4, 0.5) is 15.8 Å². The van der Waals surface area contributed by atoms with Crippen molar-refractivity contribution >= 4 is 23.3 Å². The lowest BCUT2D eigenvalue weighted by Gasteiger charge is -2.11. The molecule has 0 aliphatic rings. The van der Waals surface area contributed by atoms with Gasteiger partial charge in [0.2, 0.25) is 5.91 Å². The molecule has 6 heteroatoms. The summed E-state index contributed by atoms with van der Waals surface area (Å²) < 4.78 is 17.5. The quantitative estimate of drug-likeness (QED) is 0.832. The summed E-state index contributed by atoms with van der Waals surface area (Å²) in [5, 5.41) is 5.62. The van der Waals surface area contributed by atoms with E-state index in [1.54, 1.807) is 30.3 Å². The Morgan fingerprint density at radius 3 is 2.48 bits per heavy atom. The van der Waals surface area contributed by atoms with E-state index in [2.05, 4.69) is 15.4 Å². The molecule has 120 valence electrons. The standard InChI is InChI=1S/C17H17FN2O3/c1-11-3-4-12(17(22)23-2)9-15(11)20-16(21)10-19-14-7-5-13(18)6-8-14/h3-9,19H,10H2,1-2H3,(H,20,21). The minimum atomic E-state index is -0.468. The summed E-state index contributed by atoms with van der Waals surface area (Å²) in [6, 6.07) is 10.6. The molecule has 0 radical (unpaired) electrons. The molecule has 2 rings (SSSR count). The predicted molar refractivity (Wildman–Crippen MR) is 86.0 cm³/mol. The number of nitrogens with one attached hydrogen (secondary N) is 2. The van der Waals surface area contributed by atoms with Gasteiger partial charge in [0.25, 0.3) is 0 Å². The minimum Gasteiger partial charge on any atom is -0.465 e. The summed E-state index contributed by atoms with van der Waals surface area (Å²) in [6.45, 7) is 1.84. The monoisotopic (exact) mass is 316 g/mol. The van der Waals surface area contributed by atoms with E-state index in [1.807, 2.05) is 6.92 Å². The topological polar surface area (TPSA) is 67.4 Å². The lowest BCUT2D eigenvalue weighted by atomic mass is 10.1. The van der Waals surface area contributed by atoms with Gasteiger partial charge in [0.15, 0.2) is 0 Å². The molecule has 0 bridgehead atoms. The second-order valence-electron chi connectivity index (χ2n) is 4.93. The van der Waals surface area contributed by atoms with Gasteiger partial charge in [-0.2, -0.15) is 0 Å². The third-order valence-corrected chi connectivity index (χ3v) is 3.23. The van der Waals surface area contributed by atoms with Crippen LogP contribution < -0.4 is 10.6 Å². The van der Waals surface area contributed by atoms with E-state index in [0.29, 0.717) is 16.9 Å². The minimum absolute atomic E-state index is 0.0214. The van der Waals surface area contributed by atoms with E-state index < -0.39 is 5.97 Å². The maximum Gasteiger partial charge on any atom is 0.337 e. The number of aryl methyl sites for hydroxylation is 1. The molecule has 2 aromatic carbocycles. The van der Waals surface area contributed by atoms with Crippen molar-refractivity contribution in [2.45, 2.75) is 6.92 Å². The zero-order valence-corrected chi connectivity index (χ0v) is 12.9. The number of halogens is 1. The van der Waals surface area contributed by atoms with Crippen LogP contribution in [0.2, 0.25) is 0 Å². The predicted octanol–water partition coefficient (Wildman–Crippen LogP) is 2.97. The molecule has 0 aliphatic heterocycles. The van der Waals surface area contributed by atoms with Crippen LogP contribution in [-0.2, 0) is 9.53 Å². The van der Waals surface area contributed by atoms with E-state index in [4.69, 9.17) is 0 Å². The normalized spacial score (nSPS) is 10.0. The first-order valence-electron chi connectivity index (χ1n) is 6.98. The van der Waals surface area contributed by atoms with Crippen LogP contribution in [0.25, 0.3) is 0 Å². The molecule has 0 unspecified atom stereocenters. The zero-order chi connectivity index (χ0) is 16.8. The van der Waals surface area contributed by atoms with Gasteiger partial charge in [0.1, 0.15) is 5.82 Å². The molecule has 1 amide bonds. The van der Waals surface area contributed by atoms with Gasteiger partial charge in [0, 0.05) is 11.4 Å². The molecule has 0 aliphatic carbocycles. The molecule has 23 heavy (non-hydrogen) atoms. The van der Waals surface area contributed by atoms with Gasteiger partial charge >= 0.3 is 5.97 Å². The van der Waals surface area contributed by atoms with Crippen molar-refractivity contribution in [2.75, 3.05) is 24.3 Å². The Morgan fingerprint density at radius 2 is 1.83 bits per heavy atom. The number of esters is 1. The Labute approximate surface area is 133 Å². The van der Waals surface area contributed by atoms with Crippen molar-refractivity contribution in [2.24, 2.45) is 0 Å². The third kappa shape index (κ3) is 4.54. The molecule has 0 fully saturated rings. The number of hydrogen-bond acceptors (Lipinski definition) is 4. The molecule has 5 nitrogen and oxygen atoms in total. The second kappa shape index (κ2) is 7.40. The van der Waals surface area contributed by atoms with Crippen molar-refractivity contribution in [1.29, 1.82) is 0 Å². The number of anilines is 2. The summed E-state index contributed by atoms with van der Waals surface area (Å²) in [4.78, 5) is 23.5. The van der Waals surface area contributed by atoms with Gasteiger partial charge in [-0.3, -0.25) is 4.79 Å². The average Bonchev–Trinajstić information content (AvgIpc) is 2.55. The van der Waals surface area contributed by atoms with Gasteiger partial charge < -0.3 is 15.4 Å². The molecular weight excluding hydrogens is 299 g/mol. The highest BCUT2D eigenvalue weighted by Gasteiger charge is 2.10. The van der Waals surface area contributed by atoms with E-state index in [-0.39, 0.29) is 18.3 Å². The van der Waals surface area contributed by atoms with E-state index >= 15 is 0 Å². The van der Waals surface area contributed by atoms with Gasteiger partial charge in [-0.05, 0) is 48.9 Å². The van der Waals surface area contributed by atoms with Gasteiger partial charge in [-0.25, -0.2) is 9.18 Å². The smallest absolute Gasteiger partial charge is 0.337 e. The van der Waals surface area contributed by atoms with Crippen molar-refractivity contribution in [3.8, 4) is 0 Å². The van der Waals surface area contributed by atoms with Crippen LogP contribution in [0.1, 0.15) is 15.9 Å². The molecule has 0 atom stereocenters. The Kier molecular flexibility index (Phi) is 5.30. The van der Waals surface area contributed by atoms with Crippen LogP contribution in [0, 0.1) is 12.7 Å². The summed E-state index contributed by atoms with van der Waals surface area (Å²) in [6.07, 6.45) is 0. The van der Waals surface area contributed by atoms with Crippen LogP contribution >= 0.6 is 0 Å². The van der Waals surface area contributed by atoms with E-state index in [9.17, 15) is 14.0 Å². The highest BCUT2D eigenvalue weighted by atomic mass is 19.1. The Morgan fingerprint density at radius 1 is 1.13 bits per heavy atom. The zero-order valence-electron chi connectivity index (χ0n) is 12.9. The Balaban J connectivity index is 1.99. The largest absolute Gasteiger partial charge is 0.465 e. The number of rotatable bonds is 5.